The standard InChI is InChI=1S/C16H15F4N3O/c17-9-1-2-10(13(18)7-9)11-8-12(11)15(24)22-4-3-14-21-5-6-23(14)16(19)20/h1-2,5-7,11-12,16H,3-4,8H2,(H,22,24)/t11-,12-/m0/s1. The molecule has 1 N–H and O–H groups in total. The number of alkyl halides is 2. The minimum atomic E-state index is -2.67. The van der Waals surface area contributed by atoms with Crippen LogP contribution in [0.5, 0.6) is 0 Å². The first-order valence-corrected chi connectivity index (χ1v) is 7.50. The van der Waals surface area contributed by atoms with Gasteiger partial charge in [0.2, 0.25) is 5.91 Å². The van der Waals surface area contributed by atoms with E-state index >= 15 is 0 Å². The number of hydrogen-bond donors (Lipinski definition) is 1. The number of aromatic nitrogens is 2. The summed E-state index contributed by atoms with van der Waals surface area (Å²) in [5, 5.41) is 2.65. The highest BCUT2D eigenvalue weighted by Crippen LogP contribution is 2.48. The molecule has 1 aromatic carbocycles. The summed E-state index contributed by atoms with van der Waals surface area (Å²) in [6, 6.07) is 3.31. The average Bonchev–Trinajstić information content (AvgIpc) is 3.16. The van der Waals surface area contributed by atoms with Crippen molar-refractivity contribution in [3.05, 3.63) is 53.6 Å². The first-order chi connectivity index (χ1) is 11.5. The van der Waals surface area contributed by atoms with Gasteiger partial charge in [-0.1, -0.05) is 6.07 Å². The number of hydrogen-bond acceptors (Lipinski definition) is 2. The highest BCUT2D eigenvalue weighted by atomic mass is 19.3. The van der Waals surface area contributed by atoms with E-state index in [-0.39, 0.29) is 36.5 Å². The Morgan fingerprint density at radius 2 is 2.17 bits per heavy atom. The lowest BCUT2D eigenvalue weighted by Gasteiger charge is -2.08. The van der Waals surface area contributed by atoms with Gasteiger partial charge in [-0.05, 0) is 24.0 Å². The molecule has 1 saturated carbocycles. The van der Waals surface area contributed by atoms with Crippen LogP contribution in [0.15, 0.2) is 30.6 Å². The number of halogens is 4. The molecule has 1 aliphatic carbocycles. The lowest BCUT2D eigenvalue weighted by molar-refractivity contribution is -0.122. The Kier molecular flexibility index (Phi) is 4.55. The van der Waals surface area contributed by atoms with Gasteiger partial charge in [-0.3, -0.25) is 9.36 Å². The van der Waals surface area contributed by atoms with Gasteiger partial charge in [0.25, 0.3) is 0 Å². The molecule has 1 fully saturated rings. The topological polar surface area (TPSA) is 46.9 Å². The molecule has 0 unspecified atom stereocenters. The Balaban J connectivity index is 1.51. The average molecular weight is 341 g/mol. The largest absolute Gasteiger partial charge is 0.355 e. The first-order valence-electron chi connectivity index (χ1n) is 7.50. The molecule has 2 atom stereocenters. The third kappa shape index (κ3) is 3.42. The Hall–Kier alpha value is -2.38. The predicted octanol–water partition coefficient (Wildman–Crippen LogP) is 3.02. The number of benzene rings is 1. The lowest BCUT2D eigenvalue weighted by Crippen LogP contribution is -2.28. The van der Waals surface area contributed by atoms with E-state index in [1.54, 1.807) is 0 Å². The van der Waals surface area contributed by atoms with E-state index in [1.807, 2.05) is 0 Å². The summed E-state index contributed by atoms with van der Waals surface area (Å²) in [7, 11) is 0. The predicted molar refractivity (Wildman–Crippen MR) is 77.4 cm³/mol. The van der Waals surface area contributed by atoms with E-state index in [0.29, 0.717) is 12.0 Å². The van der Waals surface area contributed by atoms with Gasteiger partial charge in [-0.2, -0.15) is 8.78 Å². The second-order valence-corrected chi connectivity index (χ2v) is 5.68. The van der Waals surface area contributed by atoms with Crippen molar-refractivity contribution in [3.8, 4) is 0 Å². The molecule has 1 aromatic heterocycles. The van der Waals surface area contributed by atoms with Crippen molar-refractivity contribution in [1.29, 1.82) is 0 Å². The molecule has 4 nitrogen and oxygen atoms in total. The summed E-state index contributed by atoms with van der Waals surface area (Å²) in [4.78, 5) is 15.9. The van der Waals surface area contributed by atoms with Crippen molar-refractivity contribution in [1.82, 2.24) is 14.9 Å². The van der Waals surface area contributed by atoms with Crippen LogP contribution in [0.25, 0.3) is 0 Å². The van der Waals surface area contributed by atoms with Crippen LogP contribution in [-0.2, 0) is 11.2 Å². The van der Waals surface area contributed by atoms with E-state index in [4.69, 9.17) is 0 Å². The summed E-state index contributed by atoms with van der Waals surface area (Å²) in [5.74, 6) is -2.05. The smallest absolute Gasteiger partial charge is 0.319 e. The summed E-state index contributed by atoms with van der Waals surface area (Å²) in [6.07, 6.45) is 3.11. The summed E-state index contributed by atoms with van der Waals surface area (Å²) >= 11 is 0. The van der Waals surface area contributed by atoms with Crippen LogP contribution in [0.3, 0.4) is 0 Å². The van der Waals surface area contributed by atoms with E-state index in [9.17, 15) is 22.4 Å². The number of imidazole rings is 1. The molecule has 128 valence electrons. The van der Waals surface area contributed by atoms with Crippen LogP contribution in [0.4, 0.5) is 17.6 Å². The fourth-order valence-electron chi connectivity index (χ4n) is 2.77. The SMILES string of the molecule is O=C(NCCc1nccn1C(F)F)[C@H]1C[C@H]1c1ccc(F)cc1F. The van der Waals surface area contributed by atoms with Gasteiger partial charge >= 0.3 is 6.55 Å². The molecule has 0 spiro atoms. The number of carbonyl (C=O) groups is 1. The van der Waals surface area contributed by atoms with Crippen molar-refractivity contribution in [2.45, 2.75) is 25.3 Å². The van der Waals surface area contributed by atoms with Gasteiger partial charge in [0.05, 0.1) is 0 Å². The quantitative estimate of drug-likeness (QED) is 0.821. The third-order valence-corrected chi connectivity index (χ3v) is 4.10. The highest BCUT2D eigenvalue weighted by molar-refractivity contribution is 5.82. The Morgan fingerprint density at radius 3 is 2.88 bits per heavy atom. The maximum atomic E-state index is 13.7. The number of carbonyl (C=O) groups excluding carboxylic acids is 1. The summed E-state index contributed by atoms with van der Waals surface area (Å²) < 4.78 is 52.6. The first kappa shape index (κ1) is 16.5. The maximum absolute atomic E-state index is 13.7. The van der Waals surface area contributed by atoms with Crippen molar-refractivity contribution in [2.75, 3.05) is 6.54 Å². The zero-order valence-electron chi connectivity index (χ0n) is 12.6. The van der Waals surface area contributed by atoms with Crippen molar-refractivity contribution < 1.29 is 22.4 Å². The van der Waals surface area contributed by atoms with Crippen molar-refractivity contribution >= 4 is 5.91 Å². The highest BCUT2D eigenvalue weighted by Gasteiger charge is 2.45. The fourth-order valence-corrected chi connectivity index (χ4v) is 2.77. The molecular weight excluding hydrogens is 326 g/mol. The van der Waals surface area contributed by atoms with Crippen LogP contribution in [0.2, 0.25) is 0 Å². The summed E-state index contributed by atoms with van der Waals surface area (Å²) in [5.41, 5.74) is 0.324. The summed E-state index contributed by atoms with van der Waals surface area (Å²) in [6.45, 7) is -2.51. The van der Waals surface area contributed by atoms with Gasteiger partial charge in [-0.25, -0.2) is 13.8 Å². The molecular formula is C16H15F4N3O. The number of nitrogens with one attached hydrogen (secondary N) is 1. The Labute approximate surface area is 135 Å². The van der Waals surface area contributed by atoms with Gasteiger partial charge in [0.15, 0.2) is 0 Å². The molecule has 2 aromatic rings. The second kappa shape index (κ2) is 6.62. The molecule has 24 heavy (non-hydrogen) atoms. The fraction of sp³-hybridized carbons (Fsp3) is 0.375. The van der Waals surface area contributed by atoms with Gasteiger partial charge in [-0.15, -0.1) is 0 Å². The molecule has 0 saturated heterocycles. The monoisotopic (exact) mass is 341 g/mol. The minimum Gasteiger partial charge on any atom is -0.355 e. The van der Waals surface area contributed by atoms with Gasteiger partial charge in [0.1, 0.15) is 17.5 Å². The van der Waals surface area contributed by atoms with Crippen LogP contribution in [-0.4, -0.2) is 22.0 Å². The van der Waals surface area contributed by atoms with Crippen LogP contribution in [0, 0.1) is 17.6 Å². The van der Waals surface area contributed by atoms with E-state index in [1.165, 1.54) is 18.5 Å². The normalized spacial score (nSPS) is 19.5. The van der Waals surface area contributed by atoms with Crippen LogP contribution in [0.1, 0.15) is 30.3 Å². The Morgan fingerprint density at radius 1 is 1.38 bits per heavy atom. The molecule has 0 aliphatic heterocycles. The van der Waals surface area contributed by atoms with E-state index in [0.717, 1.165) is 16.7 Å². The second-order valence-electron chi connectivity index (χ2n) is 5.68. The molecule has 8 heteroatoms. The molecule has 1 heterocycles. The van der Waals surface area contributed by atoms with E-state index in [2.05, 4.69) is 10.3 Å². The number of nitrogens with zero attached hydrogens (tertiary/aromatic N) is 2. The lowest BCUT2D eigenvalue weighted by atomic mass is 10.1. The van der Waals surface area contributed by atoms with E-state index < -0.39 is 18.2 Å². The Bertz CT molecular complexity index is 747. The molecule has 3 rings (SSSR count). The van der Waals surface area contributed by atoms with Crippen LogP contribution < -0.4 is 5.32 Å². The van der Waals surface area contributed by atoms with Crippen LogP contribution >= 0.6 is 0 Å². The number of rotatable bonds is 6. The molecule has 1 amide bonds. The van der Waals surface area contributed by atoms with Gasteiger partial charge in [0, 0.05) is 37.3 Å². The zero-order valence-corrected chi connectivity index (χ0v) is 12.6. The minimum absolute atomic E-state index is 0.164. The zero-order chi connectivity index (χ0) is 17.3. The number of amides is 1. The third-order valence-electron chi connectivity index (χ3n) is 4.10. The van der Waals surface area contributed by atoms with Crippen molar-refractivity contribution in [2.24, 2.45) is 5.92 Å². The van der Waals surface area contributed by atoms with Gasteiger partial charge < -0.3 is 5.32 Å². The molecule has 0 radical (unpaired) electrons. The van der Waals surface area contributed by atoms with Crippen molar-refractivity contribution in [3.63, 3.8) is 0 Å². The maximum Gasteiger partial charge on any atom is 0.319 e. The molecule has 0 bridgehead atoms. The molecule has 1 aliphatic rings.